The predicted molar refractivity (Wildman–Crippen MR) is 158 cm³/mol. The van der Waals surface area contributed by atoms with Crippen LogP contribution in [-0.2, 0) is 0 Å². The van der Waals surface area contributed by atoms with Crippen molar-refractivity contribution in [3.05, 3.63) is 101 Å². The fourth-order valence-electron chi connectivity index (χ4n) is 5.41. The van der Waals surface area contributed by atoms with Gasteiger partial charge >= 0.3 is 0 Å². The first-order valence-electron chi connectivity index (χ1n) is 12.7. The third kappa shape index (κ3) is 4.59. The number of fused-ring (bicyclic) bond motifs is 5. The van der Waals surface area contributed by atoms with E-state index in [1.54, 1.807) is 31.4 Å². The van der Waals surface area contributed by atoms with Gasteiger partial charge in [0.15, 0.2) is 11.5 Å². The Morgan fingerprint density at radius 3 is 2.49 bits per heavy atom. The number of rotatable bonds is 4. The van der Waals surface area contributed by atoms with E-state index >= 15 is 0 Å². The van der Waals surface area contributed by atoms with E-state index in [9.17, 15) is 5.11 Å². The molecule has 0 unspecified atom stereocenters. The molecule has 0 bridgehead atoms. The van der Waals surface area contributed by atoms with Gasteiger partial charge in [0.2, 0.25) is 0 Å². The molecule has 0 aliphatic carbocycles. The first-order chi connectivity index (χ1) is 18.7. The monoisotopic (exact) mass is 537 g/mol. The van der Waals surface area contributed by atoms with Crippen molar-refractivity contribution in [3.8, 4) is 39.9 Å². The molecule has 2 aliphatic rings. The number of hydrogen-bond donors (Lipinski definition) is 2. The zero-order valence-electron chi connectivity index (χ0n) is 22.1. The van der Waals surface area contributed by atoms with E-state index in [1.165, 1.54) is 0 Å². The van der Waals surface area contributed by atoms with Gasteiger partial charge in [0.1, 0.15) is 23.0 Å². The lowest BCUT2D eigenvalue weighted by atomic mass is 9.83. The number of methoxy groups -OCH3 is 1. The Balaban J connectivity index is 1.51. The number of aromatic hydroxyl groups is 1. The Bertz CT molecular complexity index is 1670. The van der Waals surface area contributed by atoms with E-state index in [-0.39, 0.29) is 11.3 Å². The van der Waals surface area contributed by atoms with Gasteiger partial charge in [-0.3, -0.25) is 0 Å². The van der Waals surface area contributed by atoms with Crippen molar-refractivity contribution in [1.82, 2.24) is 0 Å². The lowest BCUT2D eigenvalue weighted by molar-refractivity contribution is 0.371. The molecular weight excluding hydrogens is 510 g/mol. The highest BCUT2D eigenvalue weighted by Crippen LogP contribution is 2.54. The highest BCUT2D eigenvalue weighted by molar-refractivity contribution is 6.30. The lowest BCUT2D eigenvalue weighted by Gasteiger charge is -2.35. The highest BCUT2D eigenvalue weighted by atomic mass is 35.5. The second kappa shape index (κ2) is 9.44. The molecule has 5 nitrogen and oxygen atoms in total. The molecule has 0 saturated heterocycles. The molecule has 0 radical (unpaired) electrons. The summed E-state index contributed by atoms with van der Waals surface area (Å²) in [6.07, 6.45) is 4.24. The number of halogens is 1. The van der Waals surface area contributed by atoms with E-state index < -0.39 is 0 Å². The minimum absolute atomic E-state index is 0.0644. The second-order valence-corrected chi connectivity index (χ2v) is 10.8. The van der Waals surface area contributed by atoms with Gasteiger partial charge in [0.25, 0.3) is 0 Å². The van der Waals surface area contributed by atoms with Crippen LogP contribution in [-0.4, -0.2) is 17.8 Å². The summed E-state index contributed by atoms with van der Waals surface area (Å²) in [5.41, 5.74) is 6.54. The van der Waals surface area contributed by atoms with Crippen molar-refractivity contribution in [3.63, 3.8) is 0 Å². The van der Waals surface area contributed by atoms with Gasteiger partial charge in [0, 0.05) is 27.4 Å². The fourth-order valence-corrected chi connectivity index (χ4v) is 5.53. The molecule has 196 valence electrons. The molecule has 2 heterocycles. The van der Waals surface area contributed by atoms with Crippen LogP contribution < -0.4 is 19.5 Å². The topological polar surface area (TPSA) is 60.0 Å². The number of anilines is 1. The maximum atomic E-state index is 10.6. The lowest BCUT2D eigenvalue weighted by Crippen LogP contribution is -2.32. The number of hydrogen-bond acceptors (Lipinski definition) is 5. The highest BCUT2D eigenvalue weighted by Gasteiger charge is 2.33. The van der Waals surface area contributed by atoms with Crippen molar-refractivity contribution in [2.24, 2.45) is 0 Å². The summed E-state index contributed by atoms with van der Waals surface area (Å²) in [5.74, 6) is 3.16. The molecule has 6 heteroatoms. The van der Waals surface area contributed by atoms with Gasteiger partial charge in [-0.1, -0.05) is 35.9 Å². The summed E-state index contributed by atoms with van der Waals surface area (Å²) in [5, 5.41) is 14.9. The normalized spacial score (nSPS) is 15.7. The Hall–Kier alpha value is -4.35. The third-order valence-electron chi connectivity index (χ3n) is 6.88. The number of allylic oxidation sites excluding steroid dienone is 1. The zero-order valence-corrected chi connectivity index (χ0v) is 22.9. The van der Waals surface area contributed by atoms with Gasteiger partial charge < -0.3 is 24.6 Å². The predicted octanol–water partition coefficient (Wildman–Crippen LogP) is 9.01. The molecule has 2 N–H and O–H groups in total. The molecule has 6 rings (SSSR count). The van der Waals surface area contributed by atoms with Crippen molar-refractivity contribution in [2.75, 3.05) is 12.4 Å². The van der Waals surface area contributed by atoms with E-state index in [1.807, 2.05) is 42.5 Å². The summed E-state index contributed by atoms with van der Waals surface area (Å²) < 4.78 is 18.3. The van der Waals surface area contributed by atoms with Crippen LogP contribution in [0.1, 0.15) is 37.5 Å². The Kier molecular flexibility index (Phi) is 6.04. The summed E-state index contributed by atoms with van der Waals surface area (Å²) in [6, 6.07) is 22.6. The molecule has 4 aromatic rings. The number of phenolic OH excluding ortho intramolecular Hbond substituents is 1. The van der Waals surface area contributed by atoms with Gasteiger partial charge in [-0.15, -0.1) is 0 Å². The molecular formula is C33H28ClNO4. The van der Waals surface area contributed by atoms with Gasteiger partial charge in [0.05, 0.1) is 18.2 Å². The van der Waals surface area contributed by atoms with Crippen LogP contribution in [0.5, 0.6) is 28.7 Å². The molecule has 4 aromatic carbocycles. The summed E-state index contributed by atoms with van der Waals surface area (Å²) in [4.78, 5) is 0. The van der Waals surface area contributed by atoms with Gasteiger partial charge in [-0.25, -0.2) is 0 Å². The van der Waals surface area contributed by atoms with Crippen LogP contribution in [0, 0.1) is 0 Å². The molecule has 0 atom stereocenters. The largest absolute Gasteiger partial charge is 0.504 e. The molecule has 2 aliphatic heterocycles. The van der Waals surface area contributed by atoms with Crippen LogP contribution in [0.15, 0.2) is 78.9 Å². The Morgan fingerprint density at radius 1 is 0.923 bits per heavy atom. The van der Waals surface area contributed by atoms with Crippen LogP contribution in [0.4, 0.5) is 5.69 Å². The molecule has 0 spiro atoms. The van der Waals surface area contributed by atoms with E-state index in [0.717, 1.165) is 39.1 Å². The van der Waals surface area contributed by atoms with Crippen molar-refractivity contribution >= 4 is 34.7 Å². The Morgan fingerprint density at radius 2 is 1.72 bits per heavy atom. The fraction of sp³-hybridized carbons (Fsp3) is 0.152. The number of ether oxygens (including phenoxy) is 3. The van der Waals surface area contributed by atoms with Crippen LogP contribution in [0.25, 0.3) is 28.5 Å². The third-order valence-corrected chi connectivity index (χ3v) is 7.13. The van der Waals surface area contributed by atoms with Gasteiger partial charge in [-0.05, 0) is 92.6 Å². The van der Waals surface area contributed by atoms with E-state index in [4.69, 9.17) is 25.8 Å². The summed E-state index contributed by atoms with van der Waals surface area (Å²) >= 11 is 6.02. The van der Waals surface area contributed by atoms with Crippen molar-refractivity contribution < 1.29 is 19.3 Å². The van der Waals surface area contributed by atoms with Crippen LogP contribution in [0.3, 0.4) is 0 Å². The maximum Gasteiger partial charge on any atom is 0.172 e. The quantitative estimate of drug-likeness (QED) is 0.272. The average molecular weight is 538 g/mol. The number of benzene rings is 4. The van der Waals surface area contributed by atoms with Gasteiger partial charge in [-0.2, -0.15) is 0 Å². The van der Waals surface area contributed by atoms with E-state index in [2.05, 4.69) is 44.3 Å². The van der Waals surface area contributed by atoms with Crippen LogP contribution >= 0.6 is 11.6 Å². The second-order valence-electron chi connectivity index (χ2n) is 10.3. The maximum absolute atomic E-state index is 10.6. The SMILES string of the molecule is COc1c(O)ccc2c1-c1ccc3c(c1/C(=C/c1cccc(Oc4ccc(Cl)cc4)c1)O2)C(C)=CC(C)(C)N3. The zero-order chi connectivity index (χ0) is 27.3. The molecule has 0 aromatic heterocycles. The summed E-state index contributed by atoms with van der Waals surface area (Å²) in [7, 11) is 1.56. The first-order valence-corrected chi connectivity index (χ1v) is 13.1. The first kappa shape index (κ1) is 25.0. The Labute approximate surface area is 232 Å². The number of phenols is 1. The van der Waals surface area contributed by atoms with E-state index in [0.29, 0.717) is 33.8 Å². The smallest absolute Gasteiger partial charge is 0.172 e. The minimum atomic E-state index is -0.189. The number of nitrogens with one attached hydrogen (secondary N) is 1. The molecule has 0 amide bonds. The standard InChI is InChI=1S/C33H28ClNO4/c1-19-18-33(2,3)35-25-13-12-24-30(29(19)25)28(39-27-15-14-26(36)32(37-4)31(24)27)17-20-6-5-7-23(16-20)38-22-10-8-21(34)9-11-22/h5-18,35-36H,1-4H3/b28-17-. The average Bonchev–Trinajstić information content (AvgIpc) is 2.89. The molecule has 39 heavy (non-hydrogen) atoms. The minimum Gasteiger partial charge on any atom is -0.504 e. The summed E-state index contributed by atoms with van der Waals surface area (Å²) in [6.45, 7) is 6.42. The van der Waals surface area contributed by atoms with Crippen molar-refractivity contribution in [2.45, 2.75) is 26.3 Å². The molecule has 0 fully saturated rings. The van der Waals surface area contributed by atoms with Crippen LogP contribution in [0.2, 0.25) is 5.02 Å². The molecule has 0 saturated carbocycles. The van der Waals surface area contributed by atoms with Crippen molar-refractivity contribution in [1.29, 1.82) is 0 Å².